The van der Waals surface area contributed by atoms with Gasteiger partial charge >= 0.3 is 5.97 Å². The third-order valence-corrected chi connectivity index (χ3v) is 8.15. The molecule has 0 aliphatic carbocycles. The summed E-state index contributed by atoms with van der Waals surface area (Å²) in [4.78, 5) is 12.0. The lowest BCUT2D eigenvalue weighted by Crippen LogP contribution is -2.64. The highest BCUT2D eigenvalue weighted by molar-refractivity contribution is 8.00. The van der Waals surface area contributed by atoms with E-state index in [9.17, 15) is 20.1 Å². The lowest BCUT2D eigenvalue weighted by Gasteiger charge is -2.43. The Morgan fingerprint density at radius 1 is 0.824 bits per heavy atom. The van der Waals surface area contributed by atoms with Crippen LogP contribution in [0.5, 0.6) is 0 Å². The van der Waals surface area contributed by atoms with Crippen molar-refractivity contribution in [2.24, 2.45) is 0 Å². The van der Waals surface area contributed by atoms with E-state index in [1.807, 2.05) is 91.0 Å². The second kappa shape index (κ2) is 10.3. The predicted molar refractivity (Wildman–Crippen MR) is 133 cm³/mol. The number of thioether (sulfide) groups is 1. The number of aliphatic hydroxyl groups is 3. The fourth-order valence-electron chi connectivity index (χ4n) is 4.76. The largest absolute Gasteiger partial charge is 0.448 e. The number of rotatable bonds is 8. The third kappa shape index (κ3) is 5.05. The van der Waals surface area contributed by atoms with Gasteiger partial charge in [0.15, 0.2) is 5.44 Å². The number of carbonyl (C=O) groups excluding carboxylic acids is 1. The van der Waals surface area contributed by atoms with Gasteiger partial charge in [-0.05, 0) is 23.1 Å². The van der Waals surface area contributed by atoms with Gasteiger partial charge < -0.3 is 20.1 Å². The van der Waals surface area contributed by atoms with Crippen molar-refractivity contribution in [2.45, 2.75) is 54.2 Å². The van der Waals surface area contributed by atoms with Crippen molar-refractivity contribution in [3.05, 3.63) is 108 Å². The van der Waals surface area contributed by atoms with Crippen LogP contribution < -0.4 is 0 Å². The molecule has 0 saturated carbocycles. The van der Waals surface area contributed by atoms with Gasteiger partial charge in [-0.25, -0.2) is 0 Å². The first-order chi connectivity index (χ1) is 16.3. The van der Waals surface area contributed by atoms with Gasteiger partial charge in [-0.1, -0.05) is 91.0 Å². The second-order valence-electron chi connectivity index (χ2n) is 8.93. The van der Waals surface area contributed by atoms with E-state index < -0.39 is 34.0 Å². The summed E-state index contributed by atoms with van der Waals surface area (Å²) in [6.07, 6.45) is -0.525. The van der Waals surface area contributed by atoms with Crippen molar-refractivity contribution in [2.75, 3.05) is 0 Å². The molecule has 0 spiro atoms. The molecule has 1 fully saturated rings. The maximum absolute atomic E-state index is 12.3. The van der Waals surface area contributed by atoms with Gasteiger partial charge in [0.2, 0.25) is 0 Å². The van der Waals surface area contributed by atoms with Crippen molar-refractivity contribution in [3.8, 4) is 0 Å². The zero-order valence-electron chi connectivity index (χ0n) is 19.1. The Balaban J connectivity index is 1.76. The molecule has 3 N–H and O–H groups in total. The van der Waals surface area contributed by atoms with Crippen LogP contribution in [-0.2, 0) is 28.8 Å². The molecule has 34 heavy (non-hydrogen) atoms. The number of hydrogen-bond donors (Lipinski definition) is 3. The molecule has 0 aromatic heterocycles. The summed E-state index contributed by atoms with van der Waals surface area (Å²) < 4.78 is 5.57. The highest BCUT2D eigenvalue weighted by atomic mass is 32.2. The lowest BCUT2D eigenvalue weighted by molar-refractivity contribution is -0.191. The average molecular weight is 479 g/mol. The van der Waals surface area contributed by atoms with Gasteiger partial charge in [-0.3, -0.25) is 4.79 Å². The summed E-state index contributed by atoms with van der Waals surface area (Å²) in [5, 5.41) is 35.0. The van der Waals surface area contributed by atoms with Crippen LogP contribution in [0.3, 0.4) is 0 Å². The van der Waals surface area contributed by atoms with Crippen LogP contribution in [-0.4, -0.2) is 49.3 Å². The third-order valence-electron chi connectivity index (χ3n) is 6.42. The van der Waals surface area contributed by atoms with Crippen molar-refractivity contribution in [3.63, 3.8) is 0 Å². The molecule has 4 rings (SSSR count). The van der Waals surface area contributed by atoms with E-state index >= 15 is 0 Å². The molecule has 1 aliphatic heterocycles. The van der Waals surface area contributed by atoms with E-state index in [0.717, 1.165) is 28.5 Å². The Morgan fingerprint density at radius 2 is 1.26 bits per heavy atom. The Hall–Kier alpha value is -2.64. The molecule has 178 valence electrons. The summed E-state index contributed by atoms with van der Waals surface area (Å²) in [5.74, 6) is -0.552. The van der Waals surface area contributed by atoms with Crippen LogP contribution in [0, 0.1) is 0 Å². The van der Waals surface area contributed by atoms with Gasteiger partial charge in [0, 0.05) is 19.8 Å². The summed E-state index contributed by atoms with van der Waals surface area (Å²) in [5.41, 5.74) is -2.12. The lowest BCUT2D eigenvalue weighted by atomic mass is 9.71. The van der Waals surface area contributed by atoms with E-state index in [1.165, 1.54) is 6.92 Å². The first-order valence-corrected chi connectivity index (χ1v) is 12.3. The van der Waals surface area contributed by atoms with Gasteiger partial charge in [0.1, 0.15) is 11.2 Å². The van der Waals surface area contributed by atoms with E-state index in [4.69, 9.17) is 4.74 Å². The topological polar surface area (TPSA) is 87.0 Å². The summed E-state index contributed by atoms with van der Waals surface area (Å²) in [6, 6.07) is 28.2. The van der Waals surface area contributed by atoms with Crippen LogP contribution in [0.2, 0.25) is 0 Å². The Morgan fingerprint density at radius 3 is 1.74 bits per heavy atom. The van der Waals surface area contributed by atoms with Crippen LogP contribution in [0.25, 0.3) is 0 Å². The molecule has 0 amide bonds. The zero-order chi connectivity index (χ0) is 24.2. The molecule has 1 aliphatic rings. The number of aliphatic hydroxyl groups excluding tert-OH is 1. The zero-order valence-corrected chi connectivity index (χ0v) is 19.9. The van der Waals surface area contributed by atoms with Crippen molar-refractivity contribution in [1.29, 1.82) is 0 Å². The quantitative estimate of drug-likeness (QED) is 0.430. The molecule has 0 bridgehead atoms. The van der Waals surface area contributed by atoms with Crippen molar-refractivity contribution >= 4 is 17.7 Å². The van der Waals surface area contributed by atoms with Gasteiger partial charge in [0.25, 0.3) is 0 Å². The maximum atomic E-state index is 12.3. The first kappa shape index (κ1) is 24.5. The molecule has 6 heteroatoms. The smallest absolute Gasteiger partial charge is 0.303 e. The number of ether oxygens (including phenoxy) is 1. The Bertz CT molecular complexity index is 1080. The highest BCUT2D eigenvalue weighted by Gasteiger charge is 2.67. The Kier molecular flexibility index (Phi) is 7.43. The number of benzene rings is 3. The maximum Gasteiger partial charge on any atom is 0.303 e. The highest BCUT2D eigenvalue weighted by Crippen LogP contribution is 2.53. The summed E-state index contributed by atoms with van der Waals surface area (Å²) in [7, 11) is 0. The molecule has 1 heterocycles. The monoisotopic (exact) mass is 478 g/mol. The molecular formula is C28H30O5S. The molecule has 5 nitrogen and oxygen atoms in total. The fourth-order valence-corrected chi connectivity index (χ4v) is 6.52. The normalized spacial score (nSPS) is 27.3. The Labute approximate surface area is 204 Å². The van der Waals surface area contributed by atoms with E-state index in [1.54, 1.807) is 0 Å². The van der Waals surface area contributed by atoms with Crippen LogP contribution >= 0.6 is 11.8 Å². The molecule has 3 aromatic rings. The minimum absolute atomic E-state index is 0.0661. The van der Waals surface area contributed by atoms with E-state index in [2.05, 4.69) is 0 Å². The summed E-state index contributed by atoms with van der Waals surface area (Å²) in [6.45, 7) is 1.29. The van der Waals surface area contributed by atoms with Crippen LogP contribution in [0.4, 0.5) is 0 Å². The van der Waals surface area contributed by atoms with Gasteiger partial charge in [0.05, 0.1) is 11.4 Å². The number of carbonyl (C=O) groups is 1. The molecule has 1 saturated heterocycles. The average Bonchev–Trinajstić information content (AvgIpc) is 3.02. The van der Waals surface area contributed by atoms with E-state index in [-0.39, 0.29) is 12.8 Å². The molecule has 0 radical (unpaired) electrons. The van der Waals surface area contributed by atoms with Crippen molar-refractivity contribution in [1.82, 2.24) is 0 Å². The molecule has 5 atom stereocenters. The van der Waals surface area contributed by atoms with Crippen LogP contribution in [0.1, 0.15) is 23.6 Å². The minimum atomic E-state index is -1.83. The minimum Gasteiger partial charge on any atom is -0.448 e. The predicted octanol–water partition coefficient (Wildman–Crippen LogP) is 3.54. The number of esters is 1. The second-order valence-corrected chi connectivity index (χ2v) is 10.1. The fraction of sp³-hybridized carbons (Fsp3) is 0.321. The van der Waals surface area contributed by atoms with Crippen LogP contribution in [0.15, 0.2) is 91.0 Å². The SMILES string of the molecule is CC(=O)O[C@H]1S[C@@H](C(O)Cc2ccccc2)[C@](O)(Cc2ccccc2)[C@@]1(O)Cc1ccccc1. The molecule has 3 aromatic carbocycles. The standard InChI is InChI=1S/C28H30O5S/c1-20(29)33-26-28(32,19-23-15-9-4-10-16-23)27(31,18-22-13-7-3-8-14-22)25(34-26)24(30)17-21-11-5-2-6-12-21/h2-16,24-26,30-32H,17-19H2,1H3/t24?,25-,26-,27+,28+/m0/s1. The van der Waals surface area contributed by atoms with E-state index in [0.29, 0.717) is 6.42 Å². The molecular weight excluding hydrogens is 448 g/mol. The first-order valence-electron chi connectivity index (χ1n) is 11.4. The summed E-state index contributed by atoms with van der Waals surface area (Å²) >= 11 is 1.13. The van der Waals surface area contributed by atoms with Crippen molar-refractivity contribution < 1.29 is 24.9 Å². The van der Waals surface area contributed by atoms with Gasteiger partial charge in [-0.15, -0.1) is 11.8 Å². The van der Waals surface area contributed by atoms with Gasteiger partial charge in [-0.2, -0.15) is 0 Å². The molecule has 1 unspecified atom stereocenters. The number of hydrogen-bond acceptors (Lipinski definition) is 6.